The number of nitro groups is 1. The number of nitro benzene ring substituents is 1. The number of nitrogens with one attached hydrogen (secondary N) is 1. The minimum Gasteiger partial charge on any atom is -0.356 e. The monoisotopic (exact) mass is 297 g/mol. The second-order valence-electron chi connectivity index (χ2n) is 6.08. The third-order valence-electron chi connectivity index (χ3n) is 3.58. The molecule has 1 saturated heterocycles. The van der Waals surface area contributed by atoms with Gasteiger partial charge in [-0.05, 0) is 25.3 Å². The molecule has 1 aliphatic rings. The van der Waals surface area contributed by atoms with Crippen LogP contribution in [0.1, 0.15) is 27.2 Å². The summed E-state index contributed by atoms with van der Waals surface area (Å²) in [5, 5.41) is 14.7. The van der Waals surface area contributed by atoms with Gasteiger partial charge in [0.2, 0.25) is 0 Å². The Bertz CT molecular complexity index is 521. The lowest BCUT2D eigenvalue weighted by atomic mass is 9.91. The van der Waals surface area contributed by atoms with Crippen molar-refractivity contribution in [1.82, 2.24) is 5.32 Å². The third kappa shape index (κ3) is 3.22. The van der Waals surface area contributed by atoms with E-state index in [0.717, 1.165) is 18.7 Å². The number of non-ortho nitro benzene ring substituents is 1. The molecule has 1 aliphatic heterocycles. The molecule has 1 fully saturated rings. The highest BCUT2D eigenvalue weighted by Gasteiger charge is 2.34. The van der Waals surface area contributed by atoms with Crippen LogP contribution in [-0.2, 0) is 0 Å². The molecule has 0 spiro atoms. The van der Waals surface area contributed by atoms with Crippen molar-refractivity contribution in [1.29, 1.82) is 0 Å². The summed E-state index contributed by atoms with van der Waals surface area (Å²) >= 11 is 6.18. The molecule has 0 aromatic heterocycles. The zero-order valence-corrected chi connectivity index (χ0v) is 12.8. The van der Waals surface area contributed by atoms with Crippen LogP contribution in [0.5, 0.6) is 0 Å². The molecule has 0 saturated carbocycles. The van der Waals surface area contributed by atoms with Crippen molar-refractivity contribution >= 4 is 23.0 Å². The van der Waals surface area contributed by atoms with Gasteiger partial charge in [-0.25, -0.2) is 0 Å². The molecule has 2 rings (SSSR count). The first-order valence-corrected chi connectivity index (χ1v) is 7.12. The zero-order chi connectivity index (χ0) is 14.9. The Labute approximate surface area is 124 Å². The van der Waals surface area contributed by atoms with Crippen molar-refractivity contribution in [2.45, 2.75) is 32.7 Å². The molecule has 1 heterocycles. The van der Waals surface area contributed by atoms with E-state index in [1.807, 2.05) is 0 Å². The van der Waals surface area contributed by atoms with Gasteiger partial charge in [-0.3, -0.25) is 15.4 Å². The highest BCUT2D eigenvalue weighted by molar-refractivity contribution is 6.33. The predicted octanol–water partition coefficient (Wildman–Crippen LogP) is 3.42. The van der Waals surface area contributed by atoms with Crippen LogP contribution in [0.2, 0.25) is 5.02 Å². The summed E-state index contributed by atoms with van der Waals surface area (Å²) in [4.78, 5) is 12.4. The van der Waals surface area contributed by atoms with Crippen LogP contribution in [0.4, 0.5) is 11.4 Å². The fourth-order valence-electron chi connectivity index (χ4n) is 2.89. The molecule has 110 valence electrons. The molecule has 5 nitrogen and oxygen atoms in total. The molecular formula is C14H20ClN3O2. The average molecular weight is 298 g/mol. The van der Waals surface area contributed by atoms with E-state index in [9.17, 15) is 10.1 Å². The van der Waals surface area contributed by atoms with Crippen molar-refractivity contribution in [2.75, 3.05) is 18.1 Å². The number of nitrogens with zero attached hydrogens (tertiary/aromatic N) is 2. The predicted molar refractivity (Wildman–Crippen MR) is 81.3 cm³/mol. The Hall–Kier alpha value is -1.33. The maximum absolute atomic E-state index is 10.7. The number of benzene rings is 1. The second kappa shape index (κ2) is 5.58. The van der Waals surface area contributed by atoms with Gasteiger partial charge in [0, 0.05) is 24.2 Å². The molecule has 1 N–H and O–H groups in total. The van der Waals surface area contributed by atoms with E-state index in [1.165, 1.54) is 12.1 Å². The second-order valence-corrected chi connectivity index (χ2v) is 6.49. The largest absolute Gasteiger partial charge is 0.356 e. The molecule has 0 bridgehead atoms. The summed E-state index contributed by atoms with van der Waals surface area (Å²) in [6.07, 6.45) is 1.08. The molecule has 20 heavy (non-hydrogen) atoms. The van der Waals surface area contributed by atoms with Gasteiger partial charge in [-0.2, -0.15) is 0 Å². The van der Waals surface area contributed by atoms with Crippen LogP contribution >= 0.6 is 11.6 Å². The summed E-state index contributed by atoms with van der Waals surface area (Å²) in [6.45, 7) is 8.17. The number of halogens is 1. The van der Waals surface area contributed by atoms with Crippen molar-refractivity contribution in [3.63, 3.8) is 0 Å². The number of hydrogen-bond acceptors (Lipinski definition) is 4. The lowest BCUT2D eigenvalue weighted by Crippen LogP contribution is -2.40. The molecular weight excluding hydrogens is 278 g/mol. The van der Waals surface area contributed by atoms with Gasteiger partial charge in [0.1, 0.15) is 0 Å². The van der Waals surface area contributed by atoms with Gasteiger partial charge >= 0.3 is 0 Å². The lowest BCUT2D eigenvalue weighted by Gasteiger charge is -2.27. The fourth-order valence-corrected chi connectivity index (χ4v) is 3.19. The van der Waals surface area contributed by atoms with Crippen LogP contribution < -0.4 is 10.2 Å². The third-order valence-corrected chi connectivity index (χ3v) is 3.88. The van der Waals surface area contributed by atoms with Gasteiger partial charge < -0.3 is 4.90 Å². The Morgan fingerprint density at radius 3 is 2.80 bits per heavy atom. The average Bonchev–Trinajstić information content (AvgIpc) is 2.69. The lowest BCUT2D eigenvalue weighted by molar-refractivity contribution is -0.384. The van der Waals surface area contributed by atoms with E-state index in [1.54, 1.807) is 6.07 Å². The van der Waals surface area contributed by atoms with E-state index < -0.39 is 4.92 Å². The van der Waals surface area contributed by atoms with Crippen molar-refractivity contribution in [2.24, 2.45) is 5.92 Å². The standard InChI is InChI=1S/C14H20ClN3O2/c1-10(2)7-14(3)8-17(9-16-14)13-5-4-11(18(19)20)6-12(13)15/h4-6,10,16H,7-9H2,1-3H3/t14-/m1/s1. The Morgan fingerprint density at radius 2 is 2.25 bits per heavy atom. The van der Waals surface area contributed by atoms with Crippen LogP contribution in [0.3, 0.4) is 0 Å². The summed E-state index contributed by atoms with van der Waals surface area (Å²) in [6, 6.07) is 4.64. The highest BCUT2D eigenvalue weighted by Crippen LogP contribution is 2.33. The first kappa shape index (κ1) is 15.1. The van der Waals surface area contributed by atoms with Gasteiger partial charge in [0.05, 0.1) is 22.3 Å². The van der Waals surface area contributed by atoms with Gasteiger partial charge in [0.15, 0.2) is 0 Å². The van der Waals surface area contributed by atoms with Crippen molar-refractivity contribution < 1.29 is 4.92 Å². The molecule has 1 aromatic rings. The molecule has 0 aliphatic carbocycles. The normalized spacial score (nSPS) is 22.6. The molecule has 1 aromatic carbocycles. The quantitative estimate of drug-likeness (QED) is 0.683. The van der Waals surface area contributed by atoms with Gasteiger partial charge in [-0.15, -0.1) is 0 Å². The molecule has 0 amide bonds. The maximum Gasteiger partial charge on any atom is 0.271 e. The molecule has 0 radical (unpaired) electrons. The summed E-state index contributed by atoms with van der Waals surface area (Å²) < 4.78 is 0. The molecule has 1 atom stereocenters. The first-order valence-electron chi connectivity index (χ1n) is 6.75. The Morgan fingerprint density at radius 1 is 1.55 bits per heavy atom. The number of anilines is 1. The summed E-state index contributed by atoms with van der Waals surface area (Å²) in [7, 11) is 0. The van der Waals surface area contributed by atoms with Crippen molar-refractivity contribution in [3.05, 3.63) is 33.3 Å². The smallest absolute Gasteiger partial charge is 0.271 e. The van der Waals surface area contributed by atoms with E-state index in [4.69, 9.17) is 11.6 Å². The SMILES string of the molecule is CC(C)C[C@]1(C)CN(c2ccc([N+](=O)[O-])cc2Cl)CN1. The number of rotatable bonds is 4. The van der Waals surface area contributed by atoms with Crippen molar-refractivity contribution in [3.8, 4) is 0 Å². The van der Waals surface area contributed by atoms with Gasteiger partial charge in [-0.1, -0.05) is 25.4 Å². The summed E-state index contributed by atoms with van der Waals surface area (Å²) in [5.74, 6) is 0.611. The topological polar surface area (TPSA) is 58.4 Å². The van der Waals surface area contributed by atoms with Crippen LogP contribution in [0, 0.1) is 16.0 Å². The van der Waals surface area contributed by atoms with Crippen LogP contribution in [-0.4, -0.2) is 23.7 Å². The van der Waals surface area contributed by atoms with Gasteiger partial charge in [0.25, 0.3) is 5.69 Å². The maximum atomic E-state index is 10.7. The molecule has 0 unspecified atom stereocenters. The Balaban J connectivity index is 2.16. The molecule has 6 heteroatoms. The number of hydrogen-bond donors (Lipinski definition) is 1. The zero-order valence-electron chi connectivity index (χ0n) is 12.0. The Kier molecular flexibility index (Phi) is 4.20. The highest BCUT2D eigenvalue weighted by atomic mass is 35.5. The van der Waals surface area contributed by atoms with E-state index in [0.29, 0.717) is 17.6 Å². The minimum absolute atomic E-state index is 0.0239. The van der Waals surface area contributed by atoms with Crippen LogP contribution in [0.25, 0.3) is 0 Å². The first-order chi connectivity index (χ1) is 9.31. The van der Waals surface area contributed by atoms with Crippen LogP contribution in [0.15, 0.2) is 18.2 Å². The van der Waals surface area contributed by atoms with E-state index >= 15 is 0 Å². The fraction of sp³-hybridized carbons (Fsp3) is 0.571. The van der Waals surface area contributed by atoms with E-state index in [-0.39, 0.29) is 11.2 Å². The van der Waals surface area contributed by atoms with E-state index in [2.05, 4.69) is 31.0 Å². The summed E-state index contributed by atoms with van der Waals surface area (Å²) in [5.41, 5.74) is 0.923. The minimum atomic E-state index is -0.430.